The summed E-state index contributed by atoms with van der Waals surface area (Å²) in [6, 6.07) is 7.15. The van der Waals surface area contributed by atoms with Crippen molar-refractivity contribution in [2.24, 2.45) is 0 Å². The summed E-state index contributed by atoms with van der Waals surface area (Å²) < 4.78 is 21.7. The Kier molecular flexibility index (Phi) is 5.10. The second-order valence-electron chi connectivity index (χ2n) is 6.61. The SMILES string of the molecule is O=C(Cn1c(=O)n(CC2CCCO2)c(=O)c2sccc21)Nc1cccc(F)c1. The monoisotopic (exact) mass is 403 g/mol. The maximum absolute atomic E-state index is 13.3. The highest BCUT2D eigenvalue weighted by atomic mass is 32.1. The lowest BCUT2D eigenvalue weighted by atomic mass is 10.2. The molecule has 28 heavy (non-hydrogen) atoms. The summed E-state index contributed by atoms with van der Waals surface area (Å²) >= 11 is 1.23. The van der Waals surface area contributed by atoms with Gasteiger partial charge in [0.05, 0.1) is 18.2 Å². The van der Waals surface area contributed by atoms with Crippen LogP contribution in [0.3, 0.4) is 0 Å². The number of ether oxygens (including phenoxy) is 1. The summed E-state index contributed by atoms with van der Waals surface area (Å²) in [6.45, 7) is 0.496. The van der Waals surface area contributed by atoms with Gasteiger partial charge in [-0.3, -0.25) is 18.7 Å². The number of halogens is 1. The van der Waals surface area contributed by atoms with E-state index in [9.17, 15) is 18.8 Å². The van der Waals surface area contributed by atoms with E-state index in [-0.39, 0.29) is 24.8 Å². The van der Waals surface area contributed by atoms with Crippen LogP contribution in [-0.2, 0) is 22.6 Å². The smallest absolute Gasteiger partial charge is 0.332 e. The van der Waals surface area contributed by atoms with Gasteiger partial charge >= 0.3 is 5.69 Å². The number of nitrogens with zero attached hydrogens (tertiary/aromatic N) is 2. The average Bonchev–Trinajstić information content (AvgIpc) is 3.34. The van der Waals surface area contributed by atoms with Crippen molar-refractivity contribution in [3.63, 3.8) is 0 Å². The first-order valence-corrected chi connectivity index (χ1v) is 9.79. The van der Waals surface area contributed by atoms with Crippen LogP contribution in [0, 0.1) is 5.82 Å². The van der Waals surface area contributed by atoms with E-state index in [4.69, 9.17) is 4.74 Å². The van der Waals surface area contributed by atoms with Gasteiger partial charge in [-0.1, -0.05) is 6.07 Å². The highest BCUT2D eigenvalue weighted by Gasteiger charge is 2.21. The standard InChI is InChI=1S/C19H18FN3O4S/c20-12-3-1-4-13(9-12)21-16(24)11-22-15-6-8-28-17(15)18(25)23(19(22)26)10-14-5-2-7-27-14/h1,3-4,6,8-9,14H,2,5,7,10-11H2,(H,21,24). The van der Waals surface area contributed by atoms with E-state index in [2.05, 4.69) is 5.32 Å². The zero-order valence-corrected chi connectivity index (χ0v) is 15.7. The van der Waals surface area contributed by atoms with Crippen LogP contribution in [0.4, 0.5) is 10.1 Å². The van der Waals surface area contributed by atoms with E-state index < -0.39 is 17.4 Å². The highest BCUT2D eigenvalue weighted by molar-refractivity contribution is 7.17. The van der Waals surface area contributed by atoms with Crippen LogP contribution in [0.25, 0.3) is 10.2 Å². The lowest BCUT2D eigenvalue weighted by Gasteiger charge is -2.15. The molecule has 1 fully saturated rings. The van der Waals surface area contributed by atoms with E-state index >= 15 is 0 Å². The van der Waals surface area contributed by atoms with E-state index in [1.54, 1.807) is 17.5 Å². The van der Waals surface area contributed by atoms with Gasteiger partial charge in [-0.25, -0.2) is 9.18 Å². The summed E-state index contributed by atoms with van der Waals surface area (Å²) in [5.74, 6) is -0.956. The van der Waals surface area contributed by atoms with Gasteiger partial charge in [-0.05, 0) is 42.5 Å². The maximum atomic E-state index is 13.3. The molecule has 1 saturated heterocycles. The molecule has 4 rings (SSSR count). The molecule has 1 amide bonds. The number of nitrogens with one attached hydrogen (secondary N) is 1. The lowest BCUT2D eigenvalue weighted by Crippen LogP contribution is -2.43. The Morgan fingerprint density at radius 3 is 2.89 bits per heavy atom. The molecule has 0 aliphatic carbocycles. The molecule has 1 aliphatic rings. The molecule has 9 heteroatoms. The van der Waals surface area contributed by atoms with Crippen LogP contribution in [0.15, 0.2) is 45.3 Å². The third-order valence-corrected chi connectivity index (χ3v) is 5.55. The van der Waals surface area contributed by atoms with Crippen molar-refractivity contribution in [3.05, 3.63) is 62.4 Å². The molecular formula is C19H18FN3O4S. The minimum absolute atomic E-state index is 0.164. The van der Waals surface area contributed by atoms with Gasteiger partial charge in [-0.15, -0.1) is 11.3 Å². The van der Waals surface area contributed by atoms with Crippen molar-refractivity contribution < 1.29 is 13.9 Å². The number of carbonyl (C=O) groups excluding carboxylic acids is 1. The van der Waals surface area contributed by atoms with Crippen LogP contribution in [-0.4, -0.2) is 27.8 Å². The van der Waals surface area contributed by atoms with Crippen LogP contribution in [0.2, 0.25) is 0 Å². The molecule has 3 aromatic rings. The summed E-state index contributed by atoms with van der Waals surface area (Å²) in [5.41, 5.74) is -0.210. The van der Waals surface area contributed by atoms with Gasteiger partial charge < -0.3 is 10.1 Å². The summed E-state index contributed by atoms with van der Waals surface area (Å²) in [5, 5.41) is 4.29. The molecule has 1 unspecified atom stereocenters. The predicted molar refractivity (Wildman–Crippen MR) is 104 cm³/mol. The molecule has 1 N–H and O–H groups in total. The fraction of sp³-hybridized carbons (Fsp3) is 0.316. The number of rotatable bonds is 5. The second-order valence-corrected chi connectivity index (χ2v) is 7.53. The van der Waals surface area contributed by atoms with Gasteiger partial charge in [-0.2, -0.15) is 0 Å². The van der Waals surface area contributed by atoms with Gasteiger partial charge in [0.1, 0.15) is 17.1 Å². The number of hydrogen-bond donors (Lipinski definition) is 1. The first-order valence-electron chi connectivity index (χ1n) is 8.91. The Labute approximate surface area is 163 Å². The quantitative estimate of drug-likeness (QED) is 0.708. The van der Waals surface area contributed by atoms with Crippen LogP contribution in [0.5, 0.6) is 0 Å². The van der Waals surface area contributed by atoms with E-state index in [1.165, 1.54) is 34.1 Å². The average molecular weight is 403 g/mol. The molecule has 0 spiro atoms. The molecule has 1 aliphatic heterocycles. The zero-order chi connectivity index (χ0) is 19.7. The summed E-state index contributed by atoms with van der Waals surface area (Å²) in [4.78, 5) is 38.1. The number of thiophene rings is 1. The number of aromatic nitrogens is 2. The minimum atomic E-state index is -0.555. The molecule has 2 aromatic heterocycles. The Morgan fingerprint density at radius 2 is 2.14 bits per heavy atom. The van der Waals surface area contributed by atoms with Gasteiger partial charge in [0.25, 0.3) is 5.56 Å². The molecule has 7 nitrogen and oxygen atoms in total. The molecule has 0 radical (unpaired) electrons. The summed E-state index contributed by atoms with van der Waals surface area (Å²) in [7, 11) is 0. The Bertz CT molecular complexity index is 1140. The van der Waals surface area contributed by atoms with E-state index in [0.29, 0.717) is 22.5 Å². The first kappa shape index (κ1) is 18.6. The maximum Gasteiger partial charge on any atom is 0.332 e. The van der Waals surface area contributed by atoms with Gasteiger partial charge in [0.2, 0.25) is 5.91 Å². The Balaban J connectivity index is 1.67. The van der Waals surface area contributed by atoms with E-state index in [0.717, 1.165) is 17.4 Å². The number of hydrogen-bond acceptors (Lipinski definition) is 5. The van der Waals surface area contributed by atoms with Crippen molar-refractivity contribution in [1.29, 1.82) is 0 Å². The van der Waals surface area contributed by atoms with Crippen molar-refractivity contribution >= 4 is 33.1 Å². The van der Waals surface area contributed by atoms with Gasteiger partial charge in [0, 0.05) is 12.3 Å². The van der Waals surface area contributed by atoms with Crippen LogP contribution in [0.1, 0.15) is 12.8 Å². The zero-order valence-electron chi connectivity index (χ0n) is 14.9. The van der Waals surface area contributed by atoms with Crippen LogP contribution < -0.4 is 16.6 Å². The minimum Gasteiger partial charge on any atom is -0.376 e. The normalized spacial score (nSPS) is 16.5. The van der Waals surface area contributed by atoms with Crippen molar-refractivity contribution in [2.75, 3.05) is 11.9 Å². The third kappa shape index (κ3) is 3.63. The molecule has 1 aromatic carbocycles. The van der Waals surface area contributed by atoms with Crippen molar-refractivity contribution in [1.82, 2.24) is 9.13 Å². The molecule has 1 atom stereocenters. The molecule has 0 saturated carbocycles. The molecule has 3 heterocycles. The highest BCUT2D eigenvalue weighted by Crippen LogP contribution is 2.17. The number of fused-ring (bicyclic) bond motifs is 1. The van der Waals surface area contributed by atoms with Gasteiger partial charge in [0.15, 0.2) is 0 Å². The number of carbonyl (C=O) groups is 1. The number of benzene rings is 1. The largest absolute Gasteiger partial charge is 0.376 e. The number of amides is 1. The topological polar surface area (TPSA) is 82.3 Å². The van der Waals surface area contributed by atoms with Crippen molar-refractivity contribution in [3.8, 4) is 0 Å². The Morgan fingerprint density at radius 1 is 1.29 bits per heavy atom. The lowest BCUT2D eigenvalue weighted by molar-refractivity contribution is -0.116. The Hall–Kier alpha value is -2.78. The first-order chi connectivity index (χ1) is 13.5. The molecule has 0 bridgehead atoms. The summed E-state index contributed by atoms with van der Waals surface area (Å²) in [6.07, 6.45) is 1.50. The van der Waals surface area contributed by atoms with E-state index in [1.807, 2.05) is 0 Å². The fourth-order valence-electron chi connectivity index (χ4n) is 3.35. The second kappa shape index (κ2) is 7.69. The molecule has 146 valence electrons. The van der Waals surface area contributed by atoms with Crippen molar-refractivity contribution in [2.45, 2.75) is 32.0 Å². The number of anilines is 1. The predicted octanol–water partition coefficient (Wildman–Crippen LogP) is 2.18. The molecular weight excluding hydrogens is 385 g/mol. The van der Waals surface area contributed by atoms with Crippen LogP contribution >= 0.6 is 11.3 Å². The third-order valence-electron chi connectivity index (χ3n) is 4.66. The fourth-order valence-corrected chi connectivity index (χ4v) is 4.19.